The zero-order chi connectivity index (χ0) is 11.9. The Kier molecular flexibility index (Phi) is 2.78. The second kappa shape index (κ2) is 3.84. The second-order valence-corrected chi connectivity index (χ2v) is 5.09. The Morgan fingerprint density at radius 2 is 2.06 bits per heavy atom. The number of amides is 1. The number of nitrogens with zero attached hydrogens (tertiary/aromatic N) is 2. The fourth-order valence-electron chi connectivity index (χ4n) is 2.97. The molecule has 2 rings (SSSR count). The van der Waals surface area contributed by atoms with Gasteiger partial charge in [0.2, 0.25) is 5.91 Å². The molecular formula is C12H20N2O2. The zero-order valence-electron chi connectivity index (χ0n) is 10.3. The highest BCUT2D eigenvalue weighted by Gasteiger charge is 2.52. The van der Waals surface area contributed by atoms with Crippen molar-refractivity contribution in [3.05, 3.63) is 0 Å². The summed E-state index contributed by atoms with van der Waals surface area (Å²) in [5.41, 5.74) is -0.288. The van der Waals surface area contributed by atoms with Crippen molar-refractivity contribution in [1.29, 1.82) is 0 Å². The van der Waals surface area contributed by atoms with Gasteiger partial charge in [0, 0.05) is 6.54 Å². The number of Topliss-reactive ketones (excluding diaryl/α,β-unsaturated/α-hetero) is 1. The molecule has 16 heavy (non-hydrogen) atoms. The summed E-state index contributed by atoms with van der Waals surface area (Å²) in [4.78, 5) is 27.7. The maximum atomic E-state index is 12.4. The molecule has 0 aromatic rings. The Morgan fingerprint density at radius 3 is 2.56 bits per heavy atom. The number of hydrogen-bond acceptors (Lipinski definition) is 3. The van der Waals surface area contributed by atoms with Crippen LogP contribution in [-0.4, -0.2) is 53.2 Å². The van der Waals surface area contributed by atoms with Crippen molar-refractivity contribution in [1.82, 2.24) is 9.80 Å². The largest absolute Gasteiger partial charge is 0.331 e. The summed E-state index contributed by atoms with van der Waals surface area (Å²) in [5.74, 6) is 0.237. The Labute approximate surface area is 96.6 Å². The predicted molar refractivity (Wildman–Crippen MR) is 61.1 cm³/mol. The second-order valence-electron chi connectivity index (χ2n) is 5.09. The highest BCUT2D eigenvalue weighted by molar-refractivity contribution is 5.93. The molecule has 0 aromatic heterocycles. The fourth-order valence-corrected chi connectivity index (χ4v) is 2.97. The van der Waals surface area contributed by atoms with Crippen molar-refractivity contribution in [3.8, 4) is 0 Å². The zero-order valence-corrected chi connectivity index (χ0v) is 10.3. The van der Waals surface area contributed by atoms with E-state index in [2.05, 4.69) is 4.90 Å². The highest BCUT2D eigenvalue weighted by Crippen LogP contribution is 2.38. The minimum atomic E-state index is -0.288. The van der Waals surface area contributed by atoms with Crippen LogP contribution in [0.3, 0.4) is 0 Å². The van der Waals surface area contributed by atoms with Gasteiger partial charge in [0.1, 0.15) is 5.54 Å². The Bertz CT molecular complexity index is 329. The summed E-state index contributed by atoms with van der Waals surface area (Å²) in [6, 6.07) is -0.263. The summed E-state index contributed by atoms with van der Waals surface area (Å²) < 4.78 is 0. The number of ketones is 1. The van der Waals surface area contributed by atoms with E-state index in [9.17, 15) is 9.59 Å². The smallest absolute Gasteiger partial charge is 0.243 e. The Hall–Kier alpha value is -0.900. The molecule has 2 unspecified atom stereocenters. The highest BCUT2D eigenvalue weighted by atomic mass is 16.2. The van der Waals surface area contributed by atoms with Crippen LogP contribution in [0.15, 0.2) is 0 Å². The summed E-state index contributed by atoms with van der Waals surface area (Å²) >= 11 is 0. The van der Waals surface area contributed by atoms with Crippen molar-refractivity contribution in [3.63, 3.8) is 0 Å². The van der Waals surface area contributed by atoms with Crippen molar-refractivity contribution >= 4 is 11.7 Å². The molecule has 0 radical (unpaired) electrons. The van der Waals surface area contributed by atoms with E-state index in [1.165, 1.54) is 0 Å². The number of carbonyl (C=O) groups is 2. The van der Waals surface area contributed by atoms with Crippen LogP contribution in [0.1, 0.15) is 33.1 Å². The van der Waals surface area contributed by atoms with Crippen molar-refractivity contribution in [2.45, 2.75) is 44.7 Å². The van der Waals surface area contributed by atoms with E-state index < -0.39 is 0 Å². The van der Waals surface area contributed by atoms with Gasteiger partial charge in [-0.25, -0.2) is 0 Å². The van der Waals surface area contributed by atoms with Gasteiger partial charge in [0.05, 0.1) is 6.04 Å². The van der Waals surface area contributed by atoms with E-state index in [1.807, 2.05) is 14.0 Å². The topological polar surface area (TPSA) is 40.6 Å². The monoisotopic (exact) mass is 224 g/mol. The van der Waals surface area contributed by atoms with Gasteiger partial charge >= 0.3 is 0 Å². The first-order valence-electron chi connectivity index (χ1n) is 6.02. The molecule has 1 spiro atoms. The predicted octanol–water partition coefficient (Wildman–Crippen LogP) is 0.661. The number of likely N-dealkylation sites (N-methyl/N-ethyl adjacent to an activating group) is 1. The van der Waals surface area contributed by atoms with Crippen LogP contribution < -0.4 is 0 Å². The Balaban J connectivity index is 2.19. The van der Waals surface area contributed by atoms with E-state index in [0.717, 1.165) is 32.4 Å². The van der Waals surface area contributed by atoms with Crippen molar-refractivity contribution in [2.75, 3.05) is 20.1 Å². The van der Waals surface area contributed by atoms with Crippen LogP contribution in [-0.2, 0) is 9.59 Å². The molecule has 0 aromatic carbocycles. The van der Waals surface area contributed by atoms with Crippen LogP contribution >= 0.6 is 0 Å². The third-order valence-electron chi connectivity index (χ3n) is 4.30. The molecule has 2 fully saturated rings. The van der Waals surface area contributed by atoms with Gasteiger partial charge in [0.15, 0.2) is 5.78 Å². The van der Waals surface area contributed by atoms with Crippen molar-refractivity contribution < 1.29 is 9.59 Å². The summed E-state index contributed by atoms with van der Waals surface area (Å²) in [6.45, 7) is 5.10. The minimum Gasteiger partial charge on any atom is -0.331 e. The van der Waals surface area contributed by atoms with Crippen molar-refractivity contribution in [2.24, 2.45) is 0 Å². The van der Waals surface area contributed by atoms with Gasteiger partial charge in [-0.15, -0.1) is 0 Å². The number of hydrogen-bond donors (Lipinski definition) is 0. The summed E-state index contributed by atoms with van der Waals surface area (Å²) in [5, 5.41) is 0. The maximum Gasteiger partial charge on any atom is 0.243 e. The molecule has 0 aliphatic carbocycles. The van der Waals surface area contributed by atoms with E-state index >= 15 is 0 Å². The van der Waals surface area contributed by atoms with Gasteiger partial charge in [-0.1, -0.05) is 0 Å². The lowest BCUT2D eigenvalue weighted by Gasteiger charge is -2.31. The first-order valence-corrected chi connectivity index (χ1v) is 6.02. The molecule has 1 amide bonds. The molecule has 2 aliphatic rings. The van der Waals surface area contributed by atoms with Gasteiger partial charge in [-0.2, -0.15) is 0 Å². The minimum absolute atomic E-state index is 0.0750. The number of carbonyl (C=O) groups excluding carboxylic acids is 2. The molecular weight excluding hydrogens is 204 g/mol. The lowest BCUT2D eigenvalue weighted by Crippen LogP contribution is -2.51. The van der Waals surface area contributed by atoms with E-state index in [4.69, 9.17) is 0 Å². The van der Waals surface area contributed by atoms with Crippen LogP contribution in [0, 0.1) is 0 Å². The fraction of sp³-hybridized carbons (Fsp3) is 0.833. The van der Waals surface area contributed by atoms with Gasteiger partial charge in [-0.05, 0) is 46.7 Å². The van der Waals surface area contributed by atoms with E-state index in [1.54, 1.807) is 11.8 Å². The van der Waals surface area contributed by atoms with Crippen LogP contribution in [0.4, 0.5) is 0 Å². The average Bonchev–Trinajstić information content (AvgIpc) is 2.75. The lowest BCUT2D eigenvalue weighted by molar-refractivity contribution is -0.141. The van der Waals surface area contributed by atoms with Gasteiger partial charge < -0.3 is 4.90 Å². The van der Waals surface area contributed by atoms with E-state index in [-0.39, 0.29) is 23.3 Å². The lowest BCUT2D eigenvalue weighted by atomic mass is 9.94. The first-order chi connectivity index (χ1) is 7.49. The molecule has 2 atom stereocenters. The van der Waals surface area contributed by atoms with Crippen LogP contribution in [0.5, 0.6) is 0 Å². The molecule has 4 nitrogen and oxygen atoms in total. The third kappa shape index (κ3) is 1.47. The molecule has 4 heteroatoms. The maximum absolute atomic E-state index is 12.4. The van der Waals surface area contributed by atoms with Gasteiger partial charge in [-0.3, -0.25) is 14.5 Å². The average molecular weight is 224 g/mol. The molecule has 90 valence electrons. The molecule has 2 saturated heterocycles. The molecule has 0 saturated carbocycles. The molecule has 2 heterocycles. The first kappa shape index (κ1) is 11.6. The normalized spacial score (nSPS) is 32.7. The van der Waals surface area contributed by atoms with E-state index in [0.29, 0.717) is 0 Å². The standard InChI is InChI=1S/C12H20N2O2/c1-9(10(2)15)14-8-6-12(11(14)16)5-4-7-13(12)3/h9H,4-8H2,1-3H3. The quantitative estimate of drug-likeness (QED) is 0.692. The number of rotatable bonds is 2. The van der Waals surface area contributed by atoms with Gasteiger partial charge in [0.25, 0.3) is 0 Å². The Morgan fingerprint density at radius 1 is 1.38 bits per heavy atom. The third-order valence-corrected chi connectivity index (χ3v) is 4.30. The van der Waals surface area contributed by atoms with Crippen LogP contribution in [0.25, 0.3) is 0 Å². The summed E-state index contributed by atoms with van der Waals surface area (Å²) in [6.07, 6.45) is 2.91. The van der Waals surface area contributed by atoms with Crippen LogP contribution in [0.2, 0.25) is 0 Å². The molecule has 2 aliphatic heterocycles. The molecule has 0 N–H and O–H groups in total. The molecule has 0 bridgehead atoms. The summed E-state index contributed by atoms with van der Waals surface area (Å²) in [7, 11) is 2.02. The number of likely N-dealkylation sites (tertiary alicyclic amines) is 2. The SMILES string of the molecule is CC(=O)C(C)N1CCC2(CCCN2C)C1=O.